The first-order chi connectivity index (χ1) is 9.52. The first-order valence-corrected chi connectivity index (χ1v) is 6.42. The molecule has 0 saturated heterocycles. The number of halogens is 2. The van der Waals surface area contributed by atoms with Gasteiger partial charge in [0.2, 0.25) is 0 Å². The summed E-state index contributed by atoms with van der Waals surface area (Å²) in [5.74, 6) is -0.920. The molecule has 0 unspecified atom stereocenters. The number of nitrogens with two attached hydrogens (primary N) is 1. The van der Waals surface area contributed by atoms with Gasteiger partial charge in [-0.25, -0.2) is 9.18 Å². The lowest BCUT2D eigenvalue weighted by atomic mass is 10.1. The Labute approximate surface area is 123 Å². The second-order valence-corrected chi connectivity index (χ2v) is 4.80. The molecule has 6 heteroatoms. The van der Waals surface area contributed by atoms with Gasteiger partial charge < -0.3 is 15.2 Å². The highest BCUT2D eigenvalue weighted by Crippen LogP contribution is 2.33. The zero-order valence-corrected chi connectivity index (χ0v) is 12.1. The zero-order chi connectivity index (χ0) is 14.7. The largest absolute Gasteiger partial charge is 0.465 e. The zero-order valence-electron chi connectivity index (χ0n) is 10.5. The summed E-state index contributed by atoms with van der Waals surface area (Å²) >= 11 is 3.23. The van der Waals surface area contributed by atoms with E-state index in [9.17, 15) is 9.18 Å². The van der Waals surface area contributed by atoms with E-state index >= 15 is 0 Å². The van der Waals surface area contributed by atoms with Crippen LogP contribution in [0.25, 0.3) is 0 Å². The van der Waals surface area contributed by atoms with Gasteiger partial charge in [0.05, 0.1) is 18.4 Å². The number of methoxy groups -OCH3 is 1. The lowest BCUT2D eigenvalue weighted by molar-refractivity contribution is 0.0601. The molecule has 0 aromatic heterocycles. The average molecular weight is 340 g/mol. The van der Waals surface area contributed by atoms with Crippen LogP contribution in [0.1, 0.15) is 10.4 Å². The number of hydrogen-bond donors (Lipinski definition) is 1. The summed E-state index contributed by atoms with van der Waals surface area (Å²) in [7, 11) is 1.25. The number of esters is 1. The molecule has 0 saturated carbocycles. The minimum absolute atomic E-state index is 0.00749. The fourth-order valence-corrected chi connectivity index (χ4v) is 1.93. The minimum Gasteiger partial charge on any atom is -0.465 e. The van der Waals surface area contributed by atoms with E-state index < -0.39 is 11.8 Å². The van der Waals surface area contributed by atoms with E-state index in [1.165, 1.54) is 25.3 Å². The number of carbonyl (C=O) groups excluding carboxylic acids is 1. The number of nitrogen functional groups attached to an aromatic ring is 1. The van der Waals surface area contributed by atoms with Gasteiger partial charge in [0.1, 0.15) is 0 Å². The molecule has 4 nitrogen and oxygen atoms in total. The lowest BCUT2D eigenvalue weighted by Crippen LogP contribution is -2.06. The van der Waals surface area contributed by atoms with Gasteiger partial charge in [-0.3, -0.25) is 0 Å². The van der Waals surface area contributed by atoms with E-state index in [4.69, 9.17) is 10.5 Å². The van der Waals surface area contributed by atoms with Crippen LogP contribution >= 0.6 is 15.9 Å². The van der Waals surface area contributed by atoms with Gasteiger partial charge >= 0.3 is 5.97 Å². The van der Waals surface area contributed by atoms with Crippen molar-refractivity contribution in [3.05, 3.63) is 52.3 Å². The van der Waals surface area contributed by atoms with Crippen molar-refractivity contribution < 1.29 is 18.7 Å². The van der Waals surface area contributed by atoms with Crippen molar-refractivity contribution >= 4 is 27.6 Å². The summed E-state index contributed by atoms with van der Waals surface area (Å²) in [6, 6.07) is 8.91. The summed E-state index contributed by atoms with van der Waals surface area (Å²) in [6.45, 7) is 0. The summed E-state index contributed by atoms with van der Waals surface area (Å²) in [6.07, 6.45) is 0. The standard InChI is InChI=1S/C14H11BrFNO3/c1-19-14(18)9-3-2-4-11(13(9)17)20-12-7-8(15)5-6-10(12)16/h2-7H,17H2,1H3. The van der Waals surface area contributed by atoms with Crippen LogP contribution in [0.3, 0.4) is 0 Å². The maximum Gasteiger partial charge on any atom is 0.340 e. The van der Waals surface area contributed by atoms with E-state index in [0.29, 0.717) is 4.47 Å². The van der Waals surface area contributed by atoms with Crippen molar-refractivity contribution in [1.82, 2.24) is 0 Å². The van der Waals surface area contributed by atoms with Crippen molar-refractivity contribution in [1.29, 1.82) is 0 Å². The van der Waals surface area contributed by atoms with Crippen LogP contribution in [-0.4, -0.2) is 13.1 Å². The van der Waals surface area contributed by atoms with Gasteiger partial charge in [0, 0.05) is 4.47 Å². The van der Waals surface area contributed by atoms with Crippen molar-refractivity contribution in [2.75, 3.05) is 12.8 Å². The number of ether oxygens (including phenoxy) is 2. The van der Waals surface area contributed by atoms with Crippen LogP contribution in [0.15, 0.2) is 40.9 Å². The van der Waals surface area contributed by atoms with Crippen LogP contribution < -0.4 is 10.5 Å². The average Bonchev–Trinajstić information content (AvgIpc) is 2.44. The Morgan fingerprint density at radius 1 is 1.25 bits per heavy atom. The molecular weight excluding hydrogens is 329 g/mol. The maximum atomic E-state index is 13.6. The fourth-order valence-electron chi connectivity index (χ4n) is 1.59. The van der Waals surface area contributed by atoms with E-state index in [1.807, 2.05) is 0 Å². The highest BCUT2D eigenvalue weighted by Gasteiger charge is 2.15. The molecule has 2 aromatic rings. The van der Waals surface area contributed by atoms with Gasteiger partial charge in [-0.15, -0.1) is 0 Å². The third-order valence-electron chi connectivity index (χ3n) is 2.58. The second kappa shape index (κ2) is 5.92. The minimum atomic E-state index is -0.581. The molecule has 0 bridgehead atoms. The van der Waals surface area contributed by atoms with Gasteiger partial charge in [0.15, 0.2) is 17.3 Å². The topological polar surface area (TPSA) is 61.5 Å². The van der Waals surface area contributed by atoms with Gasteiger partial charge in [-0.1, -0.05) is 22.0 Å². The Balaban J connectivity index is 2.39. The number of anilines is 1. The van der Waals surface area contributed by atoms with Crippen molar-refractivity contribution in [2.45, 2.75) is 0 Å². The fraction of sp³-hybridized carbons (Fsp3) is 0.0714. The van der Waals surface area contributed by atoms with Gasteiger partial charge in [0.25, 0.3) is 0 Å². The molecule has 0 spiro atoms. The molecule has 0 fully saturated rings. The van der Waals surface area contributed by atoms with E-state index in [-0.39, 0.29) is 22.7 Å². The summed E-state index contributed by atoms with van der Waals surface area (Å²) < 4.78 is 24.3. The third-order valence-corrected chi connectivity index (χ3v) is 3.08. The summed E-state index contributed by atoms with van der Waals surface area (Å²) in [5, 5.41) is 0. The van der Waals surface area contributed by atoms with Crippen LogP contribution in [-0.2, 0) is 4.74 Å². The van der Waals surface area contributed by atoms with Crippen LogP contribution in [0.4, 0.5) is 10.1 Å². The predicted octanol–water partition coefficient (Wildman–Crippen LogP) is 3.75. The molecule has 0 aliphatic rings. The highest BCUT2D eigenvalue weighted by molar-refractivity contribution is 9.10. The SMILES string of the molecule is COC(=O)c1cccc(Oc2cc(Br)ccc2F)c1N. The van der Waals surface area contributed by atoms with Crippen molar-refractivity contribution in [3.63, 3.8) is 0 Å². The van der Waals surface area contributed by atoms with Crippen LogP contribution in [0, 0.1) is 5.82 Å². The van der Waals surface area contributed by atoms with Gasteiger partial charge in [-0.2, -0.15) is 0 Å². The number of carbonyl (C=O) groups is 1. The number of benzene rings is 2. The van der Waals surface area contributed by atoms with Crippen LogP contribution in [0.2, 0.25) is 0 Å². The Bertz CT molecular complexity index is 661. The second-order valence-electron chi connectivity index (χ2n) is 3.89. The van der Waals surface area contributed by atoms with E-state index in [2.05, 4.69) is 20.7 Å². The molecule has 0 amide bonds. The molecule has 20 heavy (non-hydrogen) atoms. The molecular formula is C14H11BrFNO3. The lowest BCUT2D eigenvalue weighted by Gasteiger charge is -2.11. The van der Waals surface area contributed by atoms with Crippen molar-refractivity contribution in [3.8, 4) is 11.5 Å². The number of rotatable bonds is 3. The Hall–Kier alpha value is -2.08. The molecule has 0 atom stereocenters. The third kappa shape index (κ3) is 2.91. The molecule has 2 N–H and O–H groups in total. The number of hydrogen-bond acceptors (Lipinski definition) is 4. The van der Waals surface area contributed by atoms with E-state index in [1.54, 1.807) is 18.2 Å². The normalized spacial score (nSPS) is 10.2. The molecule has 0 aliphatic heterocycles. The molecule has 0 radical (unpaired) electrons. The summed E-state index contributed by atoms with van der Waals surface area (Å²) in [5.41, 5.74) is 6.10. The Morgan fingerprint density at radius 3 is 2.70 bits per heavy atom. The first-order valence-electron chi connectivity index (χ1n) is 5.62. The Morgan fingerprint density at radius 2 is 2.00 bits per heavy atom. The molecule has 2 aromatic carbocycles. The Kier molecular flexibility index (Phi) is 4.24. The molecule has 0 aliphatic carbocycles. The first kappa shape index (κ1) is 14.3. The molecule has 0 heterocycles. The maximum absolute atomic E-state index is 13.6. The predicted molar refractivity (Wildman–Crippen MR) is 76.4 cm³/mol. The van der Waals surface area contributed by atoms with Crippen LogP contribution in [0.5, 0.6) is 11.5 Å². The quantitative estimate of drug-likeness (QED) is 0.683. The monoisotopic (exact) mass is 339 g/mol. The van der Waals surface area contributed by atoms with E-state index in [0.717, 1.165) is 0 Å². The van der Waals surface area contributed by atoms with Gasteiger partial charge in [-0.05, 0) is 30.3 Å². The van der Waals surface area contributed by atoms with Crippen molar-refractivity contribution in [2.24, 2.45) is 0 Å². The molecule has 104 valence electrons. The molecule has 2 rings (SSSR count). The summed E-state index contributed by atoms with van der Waals surface area (Å²) in [4.78, 5) is 11.5. The highest BCUT2D eigenvalue weighted by atomic mass is 79.9. The number of para-hydroxylation sites is 1. The smallest absolute Gasteiger partial charge is 0.340 e.